The van der Waals surface area contributed by atoms with Gasteiger partial charge in [0.05, 0.1) is 0 Å². The molecular formula is C34H46FNO3. The number of carbonyl (C=O) groups is 2. The minimum Gasteiger partial charge on any atom is -0.449 e. The van der Waals surface area contributed by atoms with E-state index in [9.17, 15) is 14.0 Å². The van der Waals surface area contributed by atoms with Gasteiger partial charge in [-0.3, -0.25) is 4.79 Å². The number of benzene rings is 2. The number of hydrogen-bond acceptors (Lipinski definition) is 3. The van der Waals surface area contributed by atoms with Crippen LogP contribution in [-0.2, 0) is 9.53 Å². The fourth-order valence-corrected chi connectivity index (χ4v) is 6.48. The number of fused-ring (bicyclic) bond motifs is 3. The zero-order chi connectivity index (χ0) is 27.3. The van der Waals surface area contributed by atoms with Gasteiger partial charge in [-0.2, -0.15) is 4.39 Å². The highest BCUT2D eigenvalue weighted by atomic mass is 19.1. The van der Waals surface area contributed by atoms with E-state index in [2.05, 4.69) is 29.6 Å². The number of ether oxygens (including phenoxy) is 1. The zero-order valence-electron chi connectivity index (χ0n) is 23.5. The number of halogens is 1. The molecule has 2 aromatic rings. The van der Waals surface area contributed by atoms with Gasteiger partial charge >= 0.3 is 12.1 Å². The highest BCUT2D eigenvalue weighted by Crippen LogP contribution is 2.44. The normalized spacial score (nSPS) is 19.6. The van der Waals surface area contributed by atoms with E-state index in [4.69, 9.17) is 4.74 Å². The largest absolute Gasteiger partial charge is 0.449 e. The lowest BCUT2D eigenvalue weighted by Gasteiger charge is -2.30. The molecule has 0 aromatic heterocycles. The summed E-state index contributed by atoms with van der Waals surface area (Å²) in [4.78, 5) is 25.5. The third-order valence-electron chi connectivity index (χ3n) is 8.77. The van der Waals surface area contributed by atoms with Gasteiger partial charge in [-0.05, 0) is 35.1 Å². The van der Waals surface area contributed by atoms with Gasteiger partial charge in [-0.1, -0.05) is 145 Å². The van der Waals surface area contributed by atoms with Crippen LogP contribution in [0, 0.1) is 0 Å². The van der Waals surface area contributed by atoms with Crippen LogP contribution in [0.2, 0.25) is 0 Å². The first-order valence-corrected chi connectivity index (χ1v) is 15.4. The highest BCUT2D eigenvalue weighted by molar-refractivity contribution is 5.85. The van der Waals surface area contributed by atoms with Crippen LogP contribution >= 0.6 is 0 Å². The molecule has 212 valence electrons. The second-order valence-corrected chi connectivity index (χ2v) is 11.6. The standard InChI is InChI=1S/C34H46FNO3/c35-32(37)34(24-18-12-10-8-6-4-2-1-3-5-7-9-11-13-19-25-34)36-33(38)39-26-31-29-22-16-14-20-27(29)28-21-15-17-23-30(28)31/h14-17,20-23,31H,1-13,18-19,24-26H2,(H,36,38). The van der Waals surface area contributed by atoms with E-state index in [1.165, 1.54) is 57.8 Å². The van der Waals surface area contributed by atoms with Crippen molar-refractivity contribution in [3.63, 3.8) is 0 Å². The second-order valence-electron chi connectivity index (χ2n) is 11.6. The van der Waals surface area contributed by atoms with E-state index < -0.39 is 17.7 Å². The summed E-state index contributed by atoms with van der Waals surface area (Å²) in [5.41, 5.74) is 3.06. The van der Waals surface area contributed by atoms with E-state index in [1.807, 2.05) is 24.3 Å². The Hall–Kier alpha value is -2.69. The molecule has 0 unspecified atom stereocenters. The molecule has 0 aliphatic heterocycles. The minimum atomic E-state index is -1.49. The Balaban J connectivity index is 1.38. The average Bonchev–Trinajstić information content (AvgIpc) is 3.26. The Bertz CT molecular complexity index is 1000. The molecule has 2 aliphatic carbocycles. The number of nitrogens with one attached hydrogen (secondary N) is 1. The Morgan fingerprint density at radius 2 is 1.05 bits per heavy atom. The van der Waals surface area contributed by atoms with Crippen LogP contribution in [0.25, 0.3) is 11.1 Å². The summed E-state index contributed by atoms with van der Waals surface area (Å²) in [5, 5.41) is 2.74. The third-order valence-corrected chi connectivity index (χ3v) is 8.77. The molecule has 0 atom stereocenters. The molecule has 4 nitrogen and oxygen atoms in total. The van der Waals surface area contributed by atoms with Gasteiger partial charge in [0.1, 0.15) is 12.1 Å². The topological polar surface area (TPSA) is 55.4 Å². The molecule has 1 saturated carbocycles. The summed E-state index contributed by atoms with van der Waals surface area (Å²) >= 11 is 0. The first-order chi connectivity index (χ1) is 19.1. The van der Waals surface area contributed by atoms with Crippen molar-refractivity contribution in [3.05, 3.63) is 59.7 Å². The van der Waals surface area contributed by atoms with E-state index in [0.717, 1.165) is 60.8 Å². The lowest BCUT2D eigenvalue weighted by Crippen LogP contribution is -2.53. The molecule has 1 amide bonds. The molecular weight excluding hydrogens is 489 g/mol. The van der Waals surface area contributed by atoms with E-state index in [1.54, 1.807) is 0 Å². The molecule has 2 aliphatic rings. The maximum atomic E-state index is 14.7. The summed E-state index contributed by atoms with van der Waals surface area (Å²) in [7, 11) is 0. The Morgan fingerprint density at radius 3 is 1.46 bits per heavy atom. The molecule has 0 spiro atoms. The van der Waals surface area contributed by atoms with Gasteiger partial charge in [0.2, 0.25) is 0 Å². The molecule has 0 bridgehead atoms. The average molecular weight is 536 g/mol. The van der Waals surface area contributed by atoms with Crippen molar-refractivity contribution >= 4 is 12.1 Å². The Labute approximate surface area is 234 Å². The molecule has 2 aromatic carbocycles. The van der Waals surface area contributed by atoms with Crippen molar-refractivity contribution in [2.45, 2.75) is 121 Å². The third kappa shape index (κ3) is 8.16. The second kappa shape index (κ2) is 15.2. The first-order valence-electron chi connectivity index (χ1n) is 15.4. The fraction of sp³-hybridized carbons (Fsp3) is 0.588. The quantitative estimate of drug-likeness (QED) is 0.397. The number of alkyl carbamates (subject to hydrolysis) is 1. The van der Waals surface area contributed by atoms with Crippen molar-refractivity contribution in [2.75, 3.05) is 6.61 Å². The van der Waals surface area contributed by atoms with Crippen molar-refractivity contribution < 1.29 is 18.7 Å². The number of rotatable bonds is 4. The number of carbonyl (C=O) groups excluding carboxylic acids is 2. The van der Waals surface area contributed by atoms with Crippen LogP contribution in [0.5, 0.6) is 0 Å². The summed E-state index contributed by atoms with van der Waals surface area (Å²) in [6.45, 7) is 0.149. The molecule has 0 saturated heterocycles. The van der Waals surface area contributed by atoms with E-state index >= 15 is 0 Å². The monoisotopic (exact) mass is 535 g/mol. The van der Waals surface area contributed by atoms with Gasteiger partial charge in [0, 0.05) is 5.92 Å². The zero-order valence-corrected chi connectivity index (χ0v) is 23.5. The first kappa shape index (κ1) is 29.3. The molecule has 4 rings (SSSR count). The summed E-state index contributed by atoms with van der Waals surface area (Å²) in [5.74, 6) is -0.0783. The SMILES string of the molecule is O=C(NC1(C(=O)F)CCCCCCCCCCCCCCCCC1)OCC1c2ccccc2-c2ccccc21. The Kier molecular flexibility index (Phi) is 11.4. The van der Waals surface area contributed by atoms with Crippen molar-refractivity contribution in [3.8, 4) is 11.1 Å². The van der Waals surface area contributed by atoms with Crippen molar-refractivity contribution in [2.24, 2.45) is 0 Å². The van der Waals surface area contributed by atoms with Crippen molar-refractivity contribution in [1.82, 2.24) is 5.32 Å². The molecule has 0 heterocycles. The predicted molar refractivity (Wildman–Crippen MR) is 156 cm³/mol. The predicted octanol–water partition coefficient (Wildman–Crippen LogP) is 9.41. The molecule has 5 heteroatoms. The fourth-order valence-electron chi connectivity index (χ4n) is 6.48. The smallest absolute Gasteiger partial charge is 0.408 e. The maximum Gasteiger partial charge on any atom is 0.408 e. The molecule has 0 radical (unpaired) electrons. The van der Waals surface area contributed by atoms with Crippen LogP contribution in [-0.4, -0.2) is 24.3 Å². The van der Waals surface area contributed by atoms with Gasteiger partial charge < -0.3 is 10.1 Å². The summed E-state index contributed by atoms with van der Waals surface area (Å²) in [6, 6.07) is 14.9. The van der Waals surface area contributed by atoms with Crippen LogP contribution in [0.15, 0.2) is 48.5 Å². The lowest BCUT2D eigenvalue weighted by atomic mass is 9.86. The lowest BCUT2D eigenvalue weighted by molar-refractivity contribution is -0.137. The van der Waals surface area contributed by atoms with E-state index in [0.29, 0.717) is 12.8 Å². The van der Waals surface area contributed by atoms with Gasteiger partial charge in [0.15, 0.2) is 0 Å². The summed E-state index contributed by atoms with van der Waals surface area (Å²) in [6.07, 6.45) is 16.9. The van der Waals surface area contributed by atoms with Crippen LogP contribution in [0.3, 0.4) is 0 Å². The van der Waals surface area contributed by atoms with Crippen LogP contribution in [0.1, 0.15) is 126 Å². The van der Waals surface area contributed by atoms with Gasteiger partial charge in [-0.25, -0.2) is 4.79 Å². The van der Waals surface area contributed by atoms with Gasteiger partial charge in [0.25, 0.3) is 0 Å². The minimum absolute atomic E-state index is 0.0783. The summed E-state index contributed by atoms with van der Waals surface area (Å²) < 4.78 is 20.4. The number of amides is 1. The van der Waals surface area contributed by atoms with Crippen LogP contribution in [0.4, 0.5) is 9.18 Å². The van der Waals surface area contributed by atoms with Gasteiger partial charge in [-0.15, -0.1) is 0 Å². The maximum absolute atomic E-state index is 14.7. The number of hydrogen-bond donors (Lipinski definition) is 1. The molecule has 1 fully saturated rings. The van der Waals surface area contributed by atoms with Crippen molar-refractivity contribution in [1.29, 1.82) is 0 Å². The van der Waals surface area contributed by atoms with Crippen LogP contribution < -0.4 is 5.32 Å². The highest BCUT2D eigenvalue weighted by Gasteiger charge is 2.40. The molecule has 39 heavy (non-hydrogen) atoms. The van der Waals surface area contributed by atoms with E-state index in [-0.39, 0.29) is 12.5 Å². The molecule has 1 N–H and O–H groups in total. The Morgan fingerprint density at radius 1 is 0.667 bits per heavy atom.